The van der Waals surface area contributed by atoms with Gasteiger partial charge in [-0.15, -0.1) is 0 Å². The van der Waals surface area contributed by atoms with Gasteiger partial charge in [-0.3, -0.25) is 5.10 Å². The van der Waals surface area contributed by atoms with Gasteiger partial charge in [0.05, 0.1) is 24.3 Å². The summed E-state index contributed by atoms with van der Waals surface area (Å²) in [5.74, 6) is 0.518. The molecule has 3 aromatic rings. The highest BCUT2D eigenvalue weighted by atomic mass is 15.2. The van der Waals surface area contributed by atoms with Crippen molar-refractivity contribution in [3.63, 3.8) is 0 Å². The molecule has 1 aliphatic rings. The topological polar surface area (TPSA) is 49.7 Å². The number of aromatic nitrogens is 4. The molecule has 2 aromatic heterocycles. The minimum absolute atomic E-state index is 0.518. The molecule has 4 rings (SSSR count). The highest BCUT2D eigenvalue weighted by Crippen LogP contribution is 2.34. The number of benzene rings is 1. The molecule has 0 unspecified atom stereocenters. The molecule has 0 saturated carbocycles. The second-order valence-corrected chi connectivity index (χ2v) is 7.62. The molecule has 5 nitrogen and oxygen atoms in total. The van der Waals surface area contributed by atoms with Crippen molar-refractivity contribution < 1.29 is 0 Å². The van der Waals surface area contributed by atoms with Gasteiger partial charge >= 0.3 is 0 Å². The van der Waals surface area contributed by atoms with Crippen molar-refractivity contribution in [1.29, 1.82) is 0 Å². The average Bonchev–Trinajstić information content (AvgIpc) is 3.27. The van der Waals surface area contributed by atoms with Crippen molar-refractivity contribution in [2.45, 2.75) is 46.1 Å². The van der Waals surface area contributed by atoms with Crippen LogP contribution in [0.25, 0.3) is 11.3 Å². The Bertz CT molecular complexity index is 873. The molecule has 1 aromatic carbocycles. The maximum atomic E-state index is 4.87. The summed E-state index contributed by atoms with van der Waals surface area (Å²) in [5.41, 5.74) is 7.22. The number of likely N-dealkylation sites (tertiary alicyclic amines) is 1. The van der Waals surface area contributed by atoms with Crippen LogP contribution in [-0.4, -0.2) is 44.3 Å². The number of hydrogen-bond donors (Lipinski definition) is 1. The highest BCUT2D eigenvalue weighted by molar-refractivity contribution is 5.62. The molecule has 3 heterocycles. The Morgan fingerprint density at radius 1 is 1.19 bits per heavy atom. The van der Waals surface area contributed by atoms with Crippen molar-refractivity contribution in [2.75, 3.05) is 19.6 Å². The van der Waals surface area contributed by atoms with Gasteiger partial charge in [0.2, 0.25) is 0 Å². The predicted octanol–water partition coefficient (Wildman–Crippen LogP) is 4.14. The van der Waals surface area contributed by atoms with Crippen molar-refractivity contribution in [2.24, 2.45) is 0 Å². The van der Waals surface area contributed by atoms with Crippen molar-refractivity contribution in [3.8, 4) is 11.3 Å². The number of rotatable bonds is 5. The van der Waals surface area contributed by atoms with Crippen LogP contribution in [-0.2, 0) is 6.54 Å². The molecule has 0 bridgehead atoms. The predicted molar refractivity (Wildman–Crippen MR) is 109 cm³/mol. The number of H-pyrrole nitrogens is 1. The summed E-state index contributed by atoms with van der Waals surface area (Å²) in [5, 5.41) is 7.50. The Labute approximate surface area is 161 Å². The summed E-state index contributed by atoms with van der Waals surface area (Å²) < 4.78 is 2.36. The first kappa shape index (κ1) is 18.0. The van der Waals surface area contributed by atoms with E-state index in [9.17, 15) is 0 Å². The lowest BCUT2D eigenvalue weighted by molar-refractivity contribution is 0.214. The molecular weight excluding hydrogens is 334 g/mol. The first-order chi connectivity index (χ1) is 13.2. The fourth-order valence-corrected chi connectivity index (χ4v) is 4.31. The van der Waals surface area contributed by atoms with Gasteiger partial charge in [0, 0.05) is 35.0 Å². The fourth-order valence-electron chi connectivity index (χ4n) is 4.31. The van der Waals surface area contributed by atoms with Crippen molar-refractivity contribution in [1.82, 2.24) is 24.6 Å². The van der Waals surface area contributed by atoms with E-state index in [1.807, 2.05) is 6.33 Å². The maximum Gasteiger partial charge on any atom is 0.0959 e. The fraction of sp³-hybridized carbons (Fsp3) is 0.455. The van der Waals surface area contributed by atoms with Crippen LogP contribution < -0.4 is 0 Å². The SMILES string of the molecule is CCN1CCC[C@@H](c2c(-c3ccccc3)ncn2Cc2c(C)n[nH]c2C)C1. The average molecular weight is 364 g/mol. The summed E-state index contributed by atoms with van der Waals surface area (Å²) in [6.07, 6.45) is 4.50. The van der Waals surface area contributed by atoms with Gasteiger partial charge in [-0.25, -0.2) is 4.98 Å². The Hall–Kier alpha value is -2.40. The lowest BCUT2D eigenvalue weighted by Gasteiger charge is -2.33. The largest absolute Gasteiger partial charge is 0.329 e. The first-order valence-electron chi connectivity index (χ1n) is 10.0. The lowest BCUT2D eigenvalue weighted by atomic mass is 9.91. The molecule has 0 amide bonds. The number of piperidine rings is 1. The van der Waals surface area contributed by atoms with Crippen LogP contribution in [0.1, 0.15) is 48.3 Å². The highest BCUT2D eigenvalue weighted by Gasteiger charge is 2.27. The van der Waals surface area contributed by atoms with E-state index in [4.69, 9.17) is 4.98 Å². The number of nitrogens with zero attached hydrogens (tertiary/aromatic N) is 4. The Morgan fingerprint density at radius 3 is 2.70 bits per heavy atom. The van der Waals surface area contributed by atoms with Crippen LogP contribution in [0.2, 0.25) is 0 Å². The number of nitrogens with one attached hydrogen (secondary N) is 1. The van der Waals surface area contributed by atoms with Gasteiger partial charge in [0.1, 0.15) is 0 Å². The van der Waals surface area contributed by atoms with Crippen LogP contribution in [0, 0.1) is 13.8 Å². The minimum atomic E-state index is 0.518. The van der Waals surface area contributed by atoms with Gasteiger partial charge in [0.25, 0.3) is 0 Å². The molecule has 5 heteroatoms. The van der Waals surface area contributed by atoms with Gasteiger partial charge < -0.3 is 9.47 Å². The molecule has 1 atom stereocenters. The molecule has 142 valence electrons. The molecule has 1 saturated heterocycles. The van der Waals surface area contributed by atoms with Crippen LogP contribution in [0.5, 0.6) is 0 Å². The van der Waals surface area contributed by atoms with E-state index < -0.39 is 0 Å². The molecule has 1 fully saturated rings. The first-order valence-corrected chi connectivity index (χ1v) is 10.0. The quantitative estimate of drug-likeness (QED) is 0.741. The van der Waals surface area contributed by atoms with Crippen LogP contribution >= 0.6 is 0 Å². The number of hydrogen-bond acceptors (Lipinski definition) is 3. The number of imidazole rings is 1. The van der Waals surface area contributed by atoms with Gasteiger partial charge in [0.15, 0.2) is 0 Å². The second kappa shape index (κ2) is 7.69. The minimum Gasteiger partial charge on any atom is -0.329 e. The Balaban J connectivity index is 1.76. The standard InChI is InChI=1S/C22H29N5/c1-4-26-12-8-11-19(13-26)22-21(18-9-6-5-7-10-18)23-15-27(22)14-20-16(2)24-25-17(20)3/h5-7,9-10,15,19H,4,8,11-14H2,1-3H3,(H,24,25)/t19-/m1/s1. The van der Waals surface area contributed by atoms with Crippen LogP contribution in [0.15, 0.2) is 36.7 Å². The summed E-state index contributed by atoms with van der Waals surface area (Å²) in [7, 11) is 0. The third-order valence-electron chi connectivity index (χ3n) is 5.87. The van der Waals surface area contributed by atoms with E-state index in [0.29, 0.717) is 5.92 Å². The second-order valence-electron chi connectivity index (χ2n) is 7.62. The van der Waals surface area contributed by atoms with Crippen molar-refractivity contribution >= 4 is 0 Å². The third-order valence-corrected chi connectivity index (χ3v) is 5.87. The third kappa shape index (κ3) is 3.56. The lowest BCUT2D eigenvalue weighted by Crippen LogP contribution is -2.35. The van der Waals surface area contributed by atoms with E-state index >= 15 is 0 Å². The number of aryl methyl sites for hydroxylation is 2. The van der Waals surface area contributed by atoms with Gasteiger partial charge in [-0.2, -0.15) is 5.10 Å². The van der Waals surface area contributed by atoms with Crippen LogP contribution in [0.3, 0.4) is 0 Å². The summed E-state index contributed by atoms with van der Waals surface area (Å²) in [4.78, 5) is 7.43. The van der Waals surface area contributed by atoms with E-state index in [2.05, 4.69) is 70.8 Å². The summed E-state index contributed by atoms with van der Waals surface area (Å²) in [6, 6.07) is 10.6. The smallest absolute Gasteiger partial charge is 0.0959 e. The molecule has 1 aliphatic heterocycles. The van der Waals surface area contributed by atoms with E-state index in [0.717, 1.165) is 36.7 Å². The zero-order valence-corrected chi connectivity index (χ0v) is 16.6. The molecule has 0 spiro atoms. The molecule has 0 radical (unpaired) electrons. The van der Waals surface area contributed by atoms with E-state index in [1.165, 1.54) is 36.2 Å². The van der Waals surface area contributed by atoms with Gasteiger partial charge in [-0.05, 0) is 39.8 Å². The zero-order chi connectivity index (χ0) is 18.8. The summed E-state index contributed by atoms with van der Waals surface area (Å²) in [6.45, 7) is 10.7. The van der Waals surface area contributed by atoms with Gasteiger partial charge in [-0.1, -0.05) is 37.3 Å². The molecular formula is C22H29N5. The number of likely N-dealkylation sites (N-methyl/N-ethyl adjacent to an activating group) is 1. The zero-order valence-electron chi connectivity index (χ0n) is 16.6. The Morgan fingerprint density at radius 2 is 2.00 bits per heavy atom. The number of aromatic amines is 1. The molecule has 27 heavy (non-hydrogen) atoms. The monoisotopic (exact) mass is 363 g/mol. The van der Waals surface area contributed by atoms with Crippen molar-refractivity contribution in [3.05, 3.63) is 59.3 Å². The Kier molecular flexibility index (Phi) is 5.12. The van der Waals surface area contributed by atoms with Crippen LogP contribution in [0.4, 0.5) is 0 Å². The molecule has 0 aliphatic carbocycles. The molecule has 1 N–H and O–H groups in total. The van der Waals surface area contributed by atoms with E-state index in [-0.39, 0.29) is 0 Å². The maximum absolute atomic E-state index is 4.87. The summed E-state index contributed by atoms with van der Waals surface area (Å²) >= 11 is 0. The normalized spacial score (nSPS) is 18.1. The van der Waals surface area contributed by atoms with E-state index in [1.54, 1.807) is 0 Å².